The van der Waals surface area contributed by atoms with E-state index in [-0.39, 0.29) is 0 Å². The van der Waals surface area contributed by atoms with Crippen molar-refractivity contribution in [1.82, 2.24) is 19.7 Å². The van der Waals surface area contributed by atoms with Gasteiger partial charge in [0.15, 0.2) is 17.3 Å². The Hall–Kier alpha value is -2.80. The molecule has 1 fully saturated rings. The predicted molar refractivity (Wildman–Crippen MR) is 99.4 cm³/mol. The Morgan fingerprint density at radius 2 is 1.85 bits per heavy atom. The lowest BCUT2D eigenvalue weighted by molar-refractivity contribution is 0.171. The number of aromatic nitrogens is 3. The van der Waals surface area contributed by atoms with Gasteiger partial charge in [0.1, 0.15) is 19.0 Å². The van der Waals surface area contributed by atoms with Gasteiger partial charge in [0.2, 0.25) is 5.82 Å². The zero-order valence-electron chi connectivity index (χ0n) is 15.1. The minimum atomic E-state index is 0.563. The van der Waals surface area contributed by atoms with Gasteiger partial charge >= 0.3 is 0 Å². The second kappa shape index (κ2) is 7.08. The standard InChI is InChI=1S/C20H22N4O3/c1-2-9-23(8-1)10-7-19-21-20(17-4-3-11-25-17)22-24(19)15-5-6-16-18(14-15)27-13-12-26-16/h3-6,11,14H,1-2,7-10,12-13H2. The van der Waals surface area contributed by atoms with Crippen molar-refractivity contribution in [1.29, 1.82) is 0 Å². The van der Waals surface area contributed by atoms with Gasteiger partial charge in [-0.3, -0.25) is 0 Å². The van der Waals surface area contributed by atoms with Crippen molar-refractivity contribution >= 4 is 0 Å². The lowest BCUT2D eigenvalue weighted by atomic mass is 10.2. The lowest BCUT2D eigenvalue weighted by Crippen LogP contribution is -2.23. The molecule has 5 rings (SSSR count). The minimum Gasteiger partial charge on any atom is -0.486 e. The molecule has 2 aliphatic heterocycles. The summed E-state index contributed by atoms with van der Waals surface area (Å²) in [5, 5.41) is 4.71. The summed E-state index contributed by atoms with van der Waals surface area (Å²) in [5.41, 5.74) is 0.918. The van der Waals surface area contributed by atoms with Gasteiger partial charge in [-0.1, -0.05) is 0 Å². The average molecular weight is 366 g/mol. The summed E-state index contributed by atoms with van der Waals surface area (Å²) < 4.78 is 18.8. The molecule has 2 aliphatic rings. The molecular weight excluding hydrogens is 344 g/mol. The molecule has 0 unspecified atom stereocenters. The second-order valence-corrected chi connectivity index (χ2v) is 6.87. The monoisotopic (exact) mass is 366 g/mol. The fraction of sp³-hybridized carbons (Fsp3) is 0.400. The van der Waals surface area contributed by atoms with Gasteiger partial charge in [-0.2, -0.15) is 0 Å². The third-order valence-corrected chi connectivity index (χ3v) is 5.04. The molecule has 1 saturated heterocycles. The van der Waals surface area contributed by atoms with Crippen LogP contribution in [0.5, 0.6) is 11.5 Å². The molecule has 7 heteroatoms. The Kier molecular flexibility index (Phi) is 4.29. The molecule has 0 N–H and O–H groups in total. The topological polar surface area (TPSA) is 65.6 Å². The normalized spacial score (nSPS) is 16.7. The van der Waals surface area contributed by atoms with Gasteiger partial charge in [0, 0.05) is 19.0 Å². The van der Waals surface area contributed by atoms with Gasteiger partial charge in [0.25, 0.3) is 0 Å². The van der Waals surface area contributed by atoms with Crippen LogP contribution < -0.4 is 9.47 Å². The molecule has 140 valence electrons. The van der Waals surface area contributed by atoms with Crippen molar-refractivity contribution in [2.45, 2.75) is 19.3 Å². The summed E-state index contributed by atoms with van der Waals surface area (Å²) in [5.74, 6) is 3.72. The van der Waals surface area contributed by atoms with Crippen molar-refractivity contribution in [3.8, 4) is 28.8 Å². The van der Waals surface area contributed by atoms with E-state index in [0.29, 0.717) is 24.8 Å². The first kappa shape index (κ1) is 16.4. The molecule has 0 spiro atoms. The Bertz CT molecular complexity index is 913. The van der Waals surface area contributed by atoms with E-state index in [1.807, 2.05) is 35.0 Å². The largest absolute Gasteiger partial charge is 0.486 e. The van der Waals surface area contributed by atoms with Crippen LogP contribution in [-0.4, -0.2) is 52.5 Å². The molecule has 1 aromatic carbocycles. The zero-order chi connectivity index (χ0) is 18.1. The number of likely N-dealkylation sites (tertiary alicyclic amines) is 1. The molecule has 2 aromatic heterocycles. The SMILES string of the molecule is c1coc(-c2nc(CCN3CCCC3)n(-c3ccc4c(c3)OCCO4)n2)c1. The number of ether oxygens (including phenoxy) is 2. The van der Waals surface area contributed by atoms with E-state index in [4.69, 9.17) is 24.0 Å². The highest BCUT2D eigenvalue weighted by Crippen LogP contribution is 2.32. The molecule has 3 aromatic rings. The lowest BCUT2D eigenvalue weighted by Gasteiger charge is -2.19. The first-order chi connectivity index (χ1) is 13.4. The second-order valence-electron chi connectivity index (χ2n) is 6.87. The van der Waals surface area contributed by atoms with E-state index in [1.54, 1.807) is 6.26 Å². The summed E-state index contributed by atoms with van der Waals surface area (Å²) in [6.07, 6.45) is 5.05. The quantitative estimate of drug-likeness (QED) is 0.692. The predicted octanol–water partition coefficient (Wildman–Crippen LogP) is 2.94. The van der Waals surface area contributed by atoms with Crippen molar-refractivity contribution in [2.75, 3.05) is 32.8 Å². The number of hydrogen-bond acceptors (Lipinski definition) is 6. The van der Waals surface area contributed by atoms with Crippen LogP contribution in [0.15, 0.2) is 41.0 Å². The molecular formula is C20H22N4O3. The fourth-order valence-electron chi connectivity index (χ4n) is 3.65. The molecule has 0 aliphatic carbocycles. The maximum absolute atomic E-state index is 5.73. The van der Waals surface area contributed by atoms with E-state index < -0.39 is 0 Å². The Morgan fingerprint density at radius 3 is 2.67 bits per heavy atom. The molecule has 0 atom stereocenters. The van der Waals surface area contributed by atoms with Crippen molar-refractivity contribution in [3.63, 3.8) is 0 Å². The van der Waals surface area contributed by atoms with E-state index >= 15 is 0 Å². The summed E-state index contributed by atoms with van der Waals surface area (Å²) in [4.78, 5) is 7.24. The summed E-state index contributed by atoms with van der Waals surface area (Å²) in [6.45, 7) is 4.47. The van der Waals surface area contributed by atoms with E-state index in [9.17, 15) is 0 Å². The average Bonchev–Trinajstić information content (AvgIpc) is 3.47. The van der Waals surface area contributed by atoms with Crippen LogP contribution in [0, 0.1) is 0 Å². The zero-order valence-corrected chi connectivity index (χ0v) is 15.1. The van der Waals surface area contributed by atoms with Crippen LogP contribution in [-0.2, 0) is 6.42 Å². The van der Waals surface area contributed by atoms with E-state index in [1.165, 1.54) is 25.9 Å². The minimum absolute atomic E-state index is 0.563. The van der Waals surface area contributed by atoms with E-state index in [2.05, 4.69) is 4.90 Å². The highest BCUT2D eigenvalue weighted by Gasteiger charge is 2.19. The van der Waals surface area contributed by atoms with Crippen molar-refractivity contribution in [3.05, 3.63) is 42.4 Å². The van der Waals surface area contributed by atoms with Crippen LogP contribution in [0.4, 0.5) is 0 Å². The maximum Gasteiger partial charge on any atom is 0.217 e. The number of fused-ring (bicyclic) bond motifs is 1. The molecule has 7 nitrogen and oxygen atoms in total. The molecule has 0 radical (unpaired) electrons. The van der Waals surface area contributed by atoms with Gasteiger partial charge in [-0.25, -0.2) is 9.67 Å². The Morgan fingerprint density at radius 1 is 1.00 bits per heavy atom. The molecule has 0 saturated carbocycles. The van der Waals surface area contributed by atoms with Gasteiger partial charge in [-0.05, 0) is 50.2 Å². The van der Waals surface area contributed by atoms with Crippen LogP contribution in [0.3, 0.4) is 0 Å². The van der Waals surface area contributed by atoms with Gasteiger partial charge in [-0.15, -0.1) is 5.10 Å². The summed E-state index contributed by atoms with van der Waals surface area (Å²) >= 11 is 0. The van der Waals surface area contributed by atoms with Gasteiger partial charge < -0.3 is 18.8 Å². The summed E-state index contributed by atoms with van der Waals surface area (Å²) in [7, 11) is 0. The highest BCUT2D eigenvalue weighted by atomic mass is 16.6. The molecule has 0 amide bonds. The van der Waals surface area contributed by atoms with Crippen LogP contribution in [0.2, 0.25) is 0 Å². The maximum atomic E-state index is 5.73. The summed E-state index contributed by atoms with van der Waals surface area (Å²) in [6, 6.07) is 9.63. The van der Waals surface area contributed by atoms with Gasteiger partial charge in [0.05, 0.1) is 12.0 Å². The first-order valence-corrected chi connectivity index (χ1v) is 9.49. The first-order valence-electron chi connectivity index (χ1n) is 9.49. The number of rotatable bonds is 5. The molecule has 27 heavy (non-hydrogen) atoms. The molecule has 0 bridgehead atoms. The Balaban J connectivity index is 1.49. The number of furan rings is 1. The van der Waals surface area contributed by atoms with Crippen LogP contribution >= 0.6 is 0 Å². The fourth-order valence-corrected chi connectivity index (χ4v) is 3.65. The van der Waals surface area contributed by atoms with Crippen molar-refractivity contribution < 1.29 is 13.9 Å². The number of nitrogens with zero attached hydrogens (tertiary/aromatic N) is 4. The van der Waals surface area contributed by atoms with Crippen LogP contribution in [0.1, 0.15) is 18.7 Å². The Labute approximate surface area is 157 Å². The highest BCUT2D eigenvalue weighted by molar-refractivity contribution is 5.51. The van der Waals surface area contributed by atoms with Crippen molar-refractivity contribution in [2.24, 2.45) is 0 Å². The van der Waals surface area contributed by atoms with E-state index in [0.717, 1.165) is 36.0 Å². The van der Waals surface area contributed by atoms with Crippen LogP contribution in [0.25, 0.3) is 17.3 Å². The molecule has 4 heterocycles. The third-order valence-electron chi connectivity index (χ3n) is 5.04. The smallest absolute Gasteiger partial charge is 0.217 e. The third kappa shape index (κ3) is 3.30. The number of benzene rings is 1. The number of hydrogen-bond donors (Lipinski definition) is 0.